The van der Waals surface area contributed by atoms with Gasteiger partial charge in [-0.05, 0) is 31.2 Å². The van der Waals surface area contributed by atoms with Crippen molar-refractivity contribution in [2.45, 2.75) is 37.0 Å². The third-order valence-electron chi connectivity index (χ3n) is 3.68. The molecule has 0 heterocycles. The van der Waals surface area contributed by atoms with E-state index >= 15 is 0 Å². The molecule has 1 saturated carbocycles. The average molecular weight is 280 g/mol. The van der Waals surface area contributed by atoms with Gasteiger partial charge in [-0.25, -0.2) is 4.79 Å². The zero-order chi connectivity index (χ0) is 13.8. The van der Waals surface area contributed by atoms with E-state index in [0.29, 0.717) is 17.0 Å². The Kier molecular flexibility index (Phi) is 4.58. The normalized spacial score (nSPS) is 23.0. The fraction of sp³-hybridized carbons (Fsp3) is 0.500. The number of benzene rings is 1. The van der Waals surface area contributed by atoms with E-state index < -0.39 is 5.97 Å². The van der Waals surface area contributed by atoms with Gasteiger partial charge in [0.2, 0.25) is 0 Å². The minimum absolute atomic E-state index is 0.168. The van der Waals surface area contributed by atoms with E-state index in [2.05, 4.69) is 11.6 Å². The molecule has 2 rings (SSSR count). The molecule has 0 aliphatic heterocycles. The molecule has 0 amide bonds. The largest absolute Gasteiger partial charge is 0.478 e. The Morgan fingerprint density at radius 3 is 2.84 bits per heavy atom. The molecule has 0 saturated heterocycles. The van der Waals surface area contributed by atoms with Crippen LogP contribution in [0.3, 0.4) is 0 Å². The lowest BCUT2D eigenvalue weighted by Crippen LogP contribution is -2.34. The number of thioether (sulfide) groups is 1. The second-order valence-electron chi connectivity index (χ2n) is 4.88. The average Bonchev–Trinajstić information content (AvgIpc) is 2.41. The Bertz CT molecular complexity index is 465. The summed E-state index contributed by atoms with van der Waals surface area (Å²) in [5.74, 6) is -0.980. The number of hydrogen-bond donors (Lipinski definition) is 3. The highest BCUT2D eigenvalue weighted by atomic mass is 32.2. The van der Waals surface area contributed by atoms with Crippen LogP contribution >= 0.6 is 11.8 Å². The fourth-order valence-corrected chi connectivity index (χ4v) is 3.56. The van der Waals surface area contributed by atoms with Gasteiger partial charge in [-0.3, -0.25) is 0 Å². The van der Waals surface area contributed by atoms with E-state index in [9.17, 15) is 4.79 Å². The number of hydrogen-bond acceptors (Lipinski definition) is 4. The van der Waals surface area contributed by atoms with Crippen molar-refractivity contribution in [3.63, 3.8) is 0 Å². The van der Waals surface area contributed by atoms with Gasteiger partial charge in [0.15, 0.2) is 0 Å². The number of carbonyl (C=O) groups is 1. The second-order valence-corrected chi connectivity index (χ2v) is 5.96. The van der Waals surface area contributed by atoms with Gasteiger partial charge in [0.25, 0.3) is 0 Å². The summed E-state index contributed by atoms with van der Waals surface area (Å²) in [6.07, 6.45) is 6.93. The Morgan fingerprint density at radius 2 is 2.16 bits per heavy atom. The van der Waals surface area contributed by atoms with Gasteiger partial charge in [-0.1, -0.05) is 18.9 Å². The summed E-state index contributed by atoms with van der Waals surface area (Å²) in [6, 6.07) is 5.50. The summed E-state index contributed by atoms with van der Waals surface area (Å²) in [7, 11) is 0. The predicted molar refractivity (Wildman–Crippen MR) is 81.0 cm³/mol. The third-order valence-corrected chi connectivity index (χ3v) is 4.85. The van der Waals surface area contributed by atoms with Crippen molar-refractivity contribution in [3.05, 3.63) is 23.8 Å². The molecule has 0 aromatic heterocycles. The highest BCUT2D eigenvalue weighted by Gasteiger charge is 2.25. The first-order valence-corrected chi connectivity index (χ1v) is 7.83. The summed E-state index contributed by atoms with van der Waals surface area (Å²) >= 11 is 1.87. The molecule has 1 aliphatic rings. The number of carboxylic acids is 1. The van der Waals surface area contributed by atoms with Crippen molar-refractivity contribution in [3.8, 4) is 0 Å². The lowest BCUT2D eigenvalue weighted by molar-refractivity contribution is 0.0698. The van der Waals surface area contributed by atoms with Gasteiger partial charge < -0.3 is 16.2 Å². The van der Waals surface area contributed by atoms with E-state index in [-0.39, 0.29) is 5.56 Å². The smallest absolute Gasteiger partial charge is 0.337 e. The molecule has 2 unspecified atom stereocenters. The van der Waals surface area contributed by atoms with Crippen LogP contribution in [0, 0.1) is 0 Å². The molecular formula is C14H20N2O2S. The fourth-order valence-electron chi connectivity index (χ4n) is 2.62. The Balaban J connectivity index is 2.18. The Labute approximate surface area is 117 Å². The summed E-state index contributed by atoms with van der Waals surface area (Å²) in [4.78, 5) is 11.1. The molecule has 1 aromatic carbocycles. The topological polar surface area (TPSA) is 75.3 Å². The molecule has 0 spiro atoms. The summed E-state index contributed by atoms with van der Waals surface area (Å²) < 4.78 is 0. The van der Waals surface area contributed by atoms with Crippen LogP contribution in [-0.4, -0.2) is 28.6 Å². The zero-order valence-electron chi connectivity index (χ0n) is 11.1. The van der Waals surface area contributed by atoms with E-state index in [1.807, 2.05) is 17.8 Å². The first kappa shape index (κ1) is 14.1. The number of para-hydroxylation sites is 1. The lowest BCUT2D eigenvalue weighted by atomic mass is 9.94. The van der Waals surface area contributed by atoms with Gasteiger partial charge >= 0.3 is 5.97 Å². The van der Waals surface area contributed by atoms with E-state index in [1.165, 1.54) is 25.3 Å². The van der Waals surface area contributed by atoms with Gasteiger partial charge in [-0.15, -0.1) is 0 Å². The first-order chi connectivity index (χ1) is 9.13. The van der Waals surface area contributed by atoms with Gasteiger partial charge in [0, 0.05) is 11.3 Å². The quantitative estimate of drug-likeness (QED) is 0.739. The molecular weight excluding hydrogens is 260 g/mol. The van der Waals surface area contributed by atoms with Gasteiger partial charge in [0.1, 0.15) is 0 Å². The maximum absolute atomic E-state index is 11.1. The SMILES string of the molecule is CSC1CCCCC1Nc1cccc(C(=O)O)c1N. The number of nitrogens with two attached hydrogens (primary N) is 1. The van der Waals surface area contributed by atoms with Crippen molar-refractivity contribution < 1.29 is 9.90 Å². The van der Waals surface area contributed by atoms with Gasteiger partial charge in [-0.2, -0.15) is 11.8 Å². The van der Waals surface area contributed by atoms with Crippen molar-refractivity contribution in [2.75, 3.05) is 17.3 Å². The maximum atomic E-state index is 11.1. The number of aromatic carboxylic acids is 1. The highest BCUT2D eigenvalue weighted by Crippen LogP contribution is 2.32. The zero-order valence-corrected chi connectivity index (χ0v) is 11.9. The predicted octanol–water partition coefficient (Wildman–Crippen LogP) is 3.05. The number of nitrogens with one attached hydrogen (secondary N) is 1. The molecule has 4 N–H and O–H groups in total. The highest BCUT2D eigenvalue weighted by molar-refractivity contribution is 7.99. The van der Waals surface area contributed by atoms with Crippen LogP contribution in [0.4, 0.5) is 11.4 Å². The van der Waals surface area contributed by atoms with Gasteiger partial charge in [0.05, 0.1) is 16.9 Å². The van der Waals surface area contributed by atoms with Crippen molar-refractivity contribution in [1.29, 1.82) is 0 Å². The van der Waals surface area contributed by atoms with E-state index in [4.69, 9.17) is 10.8 Å². The van der Waals surface area contributed by atoms with Crippen molar-refractivity contribution in [2.24, 2.45) is 0 Å². The number of carboxylic acid groups (broad SMARTS) is 1. The molecule has 1 aliphatic carbocycles. The van der Waals surface area contributed by atoms with Crippen molar-refractivity contribution in [1.82, 2.24) is 0 Å². The Morgan fingerprint density at radius 1 is 1.42 bits per heavy atom. The number of anilines is 2. The summed E-state index contributed by atoms with van der Waals surface area (Å²) in [6.45, 7) is 0. The third kappa shape index (κ3) is 3.15. The molecule has 0 radical (unpaired) electrons. The van der Waals surface area contributed by atoms with Crippen LogP contribution in [0.5, 0.6) is 0 Å². The summed E-state index contributed by atoms with van der Waals surface area (Å²) in [5.41, 5.74) is 7.18. The minimum atomic E-state index is -0.980. The van der Waals surface area contributed by atoms with Crippen molar-refractivity contribution >= 4 is 29.1 Å². The molecule has 104 valence electrons. The maximum Gasteiger partial charge on any atom is 0.337 e. The molecule has 19 heavy (non-hydrogen) atoms. The standard InChI is InChI=1S/C14H20N2O2S/c1-19-12-8-3-2-6-10(12)16-11-7-4-5-9(13(11)15)14(17)18/h4-5,7,10,12,16H,2-3,6,8,15H2,1H3,(H,17,18). The molecule has 5 heteroatoms. The first-order valence-electron chi connectivity index (χ1n) is 6.54. The van der Waals surface area contributed by atoms with Crippen LogP contribution in [-0.2, 0) is 0 Å². The Hall–Kier alpha value is -1.36. The number of rotatable bonds is 4. The monoisotopic (exact) mass is 280 g/mol. The van der Waals surface area contributed by atoms with Crippen LogP contribution in [0.1, 0.15) is 36.0 Å². The van der Waals surface area contributed by atoms with Crippen LogP contribution in [0.2, 0.25) is 0 Å². The van der Waals surface area contributed by atoms with Crippen LogP contribution in [0.25, 0.3) is 0 Å². The minimum Gasteiger partial charge on any atom is -0.478 e. The van der Waals surface area contributed by atoms with E-state index in [1.54, 1.807) is 6.07 Å². The molecule has 2 atom stereocenters. The second kappa shape index (κ2) is 6.19. The van der Waals surface area contributed by atoms with E-state index in [0.717, 1.165) is 12.1 Å². The van der Waals surface area contributed by atoms with Crippen LogP contribution < -0.4 is 11.1 Å². The molecule has 1 aromatic rings. The molecule has 1 fully saturated rings. The number of nitrogen functional groups attached to an aromatic ring is 1. The molecule has 4 nitrogen and oxygen atoms in total. The molecule has 0 bridgehead atoms. The van der Waals surface area contributed by atoms with Crippen LogP contribution in [0.15, 0.2) is 18.2 Å². The summed E-state index contributed by atoms with van der Waals surface area (Å²) in [5, 5.41) is 13.1. The lowest BCUT2D eigenvalue weighted by Gasteiger charge is -2.32.